The molecular weight excluding hydrogens is 186 g/mol. The van der Waals surface area contributed by atoms with Gasteiger partial charge in [0.05, 0.1) is 13.5 Å². The minimum Gasteiger partial charge on any atom is -0.469 e. The topological polar surface area (TPSA) is 52.3 Å². The highest BCUT2D eigenvalue weighted by Gasteiger charge is 2.33. The molecule has 4 heteroatoms. The van der Waals surface area contributed by atoms with Gasteiger partial charge in [-0.1, -0.05) is 0 Å². The number of rotatable bonds is 3. The average molecular weight is 203 g/mol. The predicted octanol–water partition coefficient (Wildman–Crippen LogP) is 1.02. The molecule has 13 heavy (non-hydrogen) atoms. The summed E-state index contributed by atoms with van der Waals surface area (Å²) in [4.78, 5) is 11.2. The first-order valence-corrected chi connectivity index (χ1v) is 5.72. The summed E-state index contributed by atoms with van der Waals surface area (Å²) in [6.45, 7) is 0.592. The van der Waals surface area contributed by atoms with Gasteiger partial charge in [-0.2, -0.15) is 11.8 Å². The number of hydrogen-bond acceptors (Lipinski definition) is 4. The molecule has 0 aromatic heterocycles. The lowest BCUT2D eigenvalue weighted by Crippen LogP contribution is -2.38. The minimum atomic E-state index is -0.132. The van der Waals surface area contributed by atoms with Gasteiger partial charge in [-0.25, -0.2) is 0 Å². The standard InChI is InChI=1S/C9H17NO2S/c1-12-8(11)5-9(6-10)3-2-4-13-7-9/h2-7,10H2,1H3. The van der Waals surface area contributed by atoms with E-state index >= 15 is 0 Å². The molecule has 1 heterocycles. The van der Waals surface area contributed by atoms with Crippen LogP contribution in [0.4, 0.5) is 0 Å². The second-order valence-corrected chi connectivity index (χ2v) is 4.72. The molecular formula is C9H17NO2S. The van der Waals surface area contributed by atoms with Gasteiger partial charge in [0.25, 0.3) is 0 Å². The zero-order valence-electron chi connectivity index (χ0n) is 8.04. The fourth-order valence-corrected chi connectivity index (χ4v) is 2.95. The molecule has 0 amide bonds. The van der Waals surface area contributed by atoms with Crippen LogP contribution in [0.25, 0.3) is 0 Å². The number of methoxy groups -OCH3 is 1. The number of esters is 1. The fourth-order valence-electron chi connectivity index (χ4n) is 1.66. The van der Waals surface area contributed by atoms with Crippen LogP contribution in [0.3, 0.4) is 0 Å². The van der Waals surface area contributed by atoms with E-state index in [9.17, 15) is 4.79 Å². The van der Waals surface area contributed by atoms with E-state index in [1.54, 1.807) is 0 Å². The largest absolute Gasteiger partial charge is 0.469 e. The van der Waals surface area contributed by atoms with Crippen molar-refractivity contribution in [2.45, 2.75) is 19.3 Å². The Hall–Kier alpha value is -0.220. The van der Waals surface area contributed by atoms with E-state index in [0.717, 1.165) is 12.2 Å². The first-order valence-electron chi connectivity index (χ1n) is 4.57. The Labute approximate surface area is 83.4 Å². The monoisotopic (exact) mass is 203 g/mol. The summed E-state index contributed by atoms with van der Waals surface area (Å²) >= 11 is 1.89. The minimum absolute atomic E-state index is 0.00993. The Morgan fingerprint density at radius 2 is 2.46 bits per heavy atom. The molecule has 0 aromatic carbocycles. The third kappa shape index (κ3) is 2.88. The number of nitrogens with two attached hydrogens (primary N) is 1. The highest BCUT2D eigenvalue weighted by molar-refractivity contribution is 7.99. The first kappa shape index (κ1) is 10.9. The Morgan fingerprint density at radius 3 is 2.92 bits per heavy atom. The maximum atomic E-state index is 11.2. The van der Waals surface area contributed by atoms with Crippen LogP contribution in [0.1, 0.15) is 19.3 Å². The van der Waals surface area contributed by atoms with Crippen molar-refractivity contribution in [2.75, 3.05) is 25.2 Å². The number of thioether (sulfide) groups is 1. The lowest BCUT2D eigenvalue weighted by molar-refractivity contribution is -0.143. The van der Waals surface area contributed by atoms with Crippen LogP contribution in [0.5, 0.6) is 0 Å². The molecule has 0 bridgehead atoms. The molecule has 1 saturated heterocycles. The van der Waals surface area contributed by atoms with Gasteiger partial charge in [-0.15, -0.1) is 0 Å². The molecule has 3 nitrogen and oxygen atoms in total. The van der Waals surface area contributed by atoms with Crippen LogP contribution in [-0.2, 0) is 9.53 Å². The van der Waals surface area contributed by atoms with Crippen molar-refractivity contribution in [3.05, 3.63) is 0 Å². The molecule has 1 atom stereocenters. The van der Waals surface area contributed by atoms with Crippen LogP contribution >= 0.6 is 11.8 Å². The van der Waals surface area contributed by atoms with E-state index in [1.165, 1.54) is 19.3 Å². The van der Waals surface area contributed by atoms with Gasteiger partial charge >= 0.3 is 5.97 Å². The third-order valence-corrected chi connectivity index (χ3v) is 3.98. The maximum Gasteiger partial charge on any atom is 0.306 e. The molecule has 0 aromatic rings. The van der Waals surface area contributed by atoms with E-state index in [2.05, 4.69) is 4.74 Å². The van der Waals surface area contributed by atoms with E-state index in [4.69, 9.17) is 5.73 Å². The van der Waals surface area contributed by atoms with Crippen molar-refractivity contribution in [3.63, 3.8) is 0 Å². The molecule has 1 fully saturated rings. The molecule has 1 aliphatic heterocycles. The third-order valence-electron chi connectivity index (χ3n) is 2.58. The number of carbonyl (C=O) groups is 1. The zero-order valence-corrected chi connectivity index (χ0v) is 8.86. The summed E-state index contributed by atoms with van der Waals surface area (Å²) in [5.41, 5.74) is 5.73. The van der Waals surface area contributed by atoms with Crippen molar-refractivity contribution < 1.29 is 9.53 Å². The van der Waals surface area contributed by atoms with Crippen LogP contribution < -0.4 is 5.73 Å². The quantitative estimate of drug-likeness (QED) is 0.696. The Kier molecular flexibility index (Phi) is 4.06. The molecule has 1 unspecified atom stereocenters. The van der Waals surface area contributed by atoms with E-state index in [-0.39, 0.29) is 11.4 Å². The van der Waals surface area contributed by atoms with Gasteiger partial charge in [0.15, 0.2) is 0 Å². The van der Waals surface area contributed by atoms with Crippen molar-refractivity contribution in [1.82, 2.24) is 0 Å². The van der Waals surface area contributed by atoms with Gasteiger partial charge in [0, 0.05) is 11.2 Å². The van der Waals surface area contributed by atoms with Crippen LogP contribution in [0.15, 0.2) is 0 Å². The number of ether oxygens (including phenoxy) is 1. The van der Waals surface area contributed by atoms with Crippen LogP contribution in [0.2, 0.25) is 0 Å². The highest BCUT2D eigenvalue weighted by atomic mass is 32.2. The normalized spacial score (nSPS) is 28.5. The van der Waals surface area contributed by atoms with Gasteiger partial charge in [-0.05, 0) is 25.1 Å². The Bertz CT molecular complexity index is 178. The van der Waals surface area contributed by atoms with Gasteiger partial charge in [-0.3, -0.25) is 4.79 Å². The first-order chi connectivity index (χ1) is 6.22. The van der Waals surface area contributed by atoms with Crippen molar-refractivity contribution in [3.8, 4) is 0 Å². The van der Waals surface area contributed by atoms with Gasteiger partial charge in [0.2, 0.25) is 0 Å². The lowest BCUT2D eigenvalue weighted by atomic mass is 9.82. The summed E-state index contributed by atoms with van der Waals surface area (Å²) in [7, 11) is 1.43. The highest BCUT2D eigenvalue weighted by Crippen LogP contribution is 2.36. The molecule has 1 aliphatic rings. The van der Waals surface area contributed by atoms with Crippen LogP contribution in [-0.4, -0.2) is 31.1 Å². The molecule has 0 spiro atoms. The van der Waals surface area contributed by atoms with Crippen molar-refractivity contribution in [2.24, 2.45) is 11.1 Å². The molecule has 0 radical (unpaired) electrons. The Balaban J connectivity index is 2.52. The summed E-state index contributed by atoms with van der Waals surface area (Å²) in [5, 5.41) is 0. The smallest absolute Gasteiger partial charge is 0.306 e. The molecule has 2 N–H and O–H groups in total. The second-order valence-electron chi connectivity index (χ2n) is 3.61. The van der Waals surface area contributed by atoms with E-state index in [1.807, 2.05) is 11.8 Å². The predicted molar refractivity (Wildman–Crippen MR) is 54.7 cm³/mol. The molecule has 0 saturated carbocycles. The summed E-state index contributed by atoms with van der Waals surface area (Å²) in [5.74, 6) is 2.06. The van der Waals surface area contributed by atoms with E-state index < -0.39 is 0 Å². The molecule has 0 aliphatic carbocycles. The average Bonchev–Trinajstić information content (AvgIpc) is 2.19. The van der Waals surface area contributed by atoms with Gasteiger partial charge < -0.3 is 10.5 Å². The van der Waals surface area contributed by atoms with Crippen molar-refractivity contribution in [1.29, 1.82) is 0 Å². The number of carbonyl (C=O) groups excluding carboxylic acids is 1. The summed E-state index contributed by atoms with van der Waals surface area (Å²) in [6.07, 6.45) is 2.71. The zero-order chi connectivity index (χ0) is 9.73. The van der Waals surface area contributed by atoms with Crippen molar-refractivity contribution >= 4 is 17.7 Å². The summed E-state index contributed by atoms with van der Waals surface area (Å²) < 4.78 is 4.68. The Morgan fingerprint density at radius 1 is 1.69 bits per heavy atom. The number of hydrogen-bond donors (Lipinski definition) is 1. The van der Waals surface area contributed by atoms with Gasteiger partial charge in [0.1, 0.15) is 0 Å². The lowest BCUT2D eigenvalue weighted by Gasteiger charge is -2.34. The second kappa shape index (κ2) is 4.86. The SMILES string of the molecule is COC(=O)CC1(CN)CCCSC1. The fraction of sp³-hybridized carbons (Fsp3) is 0.889. The van der Waals surface area contributed by atoms with E-state index in [0.29, 0.717) is 13.0 Å². The molecule has 1 rings (SSSR count). The molecule has 76 valence electrons. The van der Waals surface area contributed by atoms with Crippen LogP contribution in [0, 0.1) is 5.41 Å². The maximum absolute atomic E-state index is 11.2. The summed E-state index contributed by atoms with van der Waals surface area (Å²) in [6, 6.07) is 0.